The summed E-state index contributed by atoms with van der Waals surface area (Å²) in [4.78, 5) is 24.4. The molecule has 0 spiro atoms. The Kier molecular flexibility index (Phi) is 5.20. The Hall–Kier alpha value is -2.04. The summed E-state index contributed by atoms with van der Waals surface area (Å²) < 4.78 is 0. The minimum absolute atomic E-state index is 0.0448. The molecule has 1 aromatic rings. The molecule has 1 aliphatic heterocycles. The molecule has 1 heterocycles. The van der Waals surface area contributed by atoms with Crippen LogP contribution in [0.1, 0.15) is 37.3 Å². The number of amides is 2. The van der Waals surface area contributed by atoms with E-state index in [-0.39, 0.29) is 12.5 Å². The number of carboxylic acids is 1. The molecule has 0 fully saturated rings. The summed E-state index contributed by atoms with van der Waals surface area (Å²) in [6, 6.07) is 8.04. The van der Waals surface area contributed by atoms with Crippen molar-refractivity contribution in [2.75, 3.05) is 6.54 Å². The van der Waals surface area contributed by atoms with E-state index >= 15 is 0 Å². The molecule has 1 aromatic carbocycles. The fourth-order valence-electron chi connectivity index (χ4n) is 2.53. The van der Waals surface area contributed by atoms with Gasteiger partial charge < -0.3 is 15.3 Å². The van der Waals surface area contributed by atoms with E-state index in [1.165, 1.54) is 11.1 Å². The van der Waals surface area contributed by atoms with Crippen LogP contribution in [0, 0.1) is 5.92 Å². The number of carbonyl (C=O) groups excluding carboxylic acids is 1. The second kappa shape index (κ2) is 7.11. The molecule has 2 N–H and O–H groups in total. The largest absolute Gasteiger partial charge is 0.481 e. The standard InChI is InChI=1S/C16H22N2O3/c1-12(6-7-15(19)20)8-9-17-16(21)18-10-13-4-2-3-5-14(13)11-18/h2-5,12H,6-11H2,1H3,(H,17,21)(H,19,20). The molecule has 5 nitrogen and oxygen atoms in total. The molecule has 1 unspecified atom stereocenters. The lowest BCUT2D eigenvalue weighted by molar-refractivity contribution is -0.137. The van der Waals surface area contributed by atoms with Crippen LogP contribution in [0.25, 0.3) is 0 Å². The van der Waals surface area contributed by atoms with Crippen molar-refractivity contribution in [2.24, 2.45) is 5.92 Å². The summed E-state index contributed by atoms with van der Waals surface area (Å²) in [6.45, 7) is 3.93. The van der Waals surface area contributed by atoms with Crippen molar-refractivity contribution in [1.29, 1.82) is 0 Å². The number of nitrogens with one attached hydrogen (secondary N) is 1. The fourth-order valence-corrected chi connectivity index (χ4v) is 2.53. The van der Waals surface area contributed by atoms with Crippen molar-refractivity contribution in [1.82, 2.24) is 10.2 Å². The molecule has 114 valence electrons. The molecule has 0 bridgehead atoms. The first-order chi connectivity index (χ1) is 10.1. The molecular weight excluding hydrogens is 268 g/mol. The maximum Gasteiger partial charge on any atom is 0.318 e. The summed E-state index contributed by atoms with van der Waals surface area (Å²) in [7, 11) is 0. The number of carboxylic acid groups (broad SMARTS) is 1. The van der Waals surface area contributed by atoms with E-state index in [9.17, 15) is 9.59 Å². The number of fused-ring (bicyclic) bond motifs is 1. The minimum atomic E-state index is -0.763. The third-order valence-electron chi connectivity index (χ3n) is 3.89. The van der Waals surface area contributed by atoms with Gasteiger partial charge in [-0.25, -0.2) is 4.79 Å². The Labute approximate surface area is 125 Å². The van der Waals surface area contributed by atoms with Gasteiger partial charge in [-0.05, 0) is 29.9 Å². The topological polar surface area (TPSA) is 69.6 Å². The van der Waals surface area contributed by atoms with Gasteiger partial charge >= 0.3 is 12.0 Å². The van der Waals surface area contributed by atoms with Gasteiger partial charge in [0, 0.05) is 26.1 Å². The summed E-state index contributed by atoms with van der Waals surface area (Å²) in [5, 5.41) is 11.5. The van der Waals surface area contributed by atoms with Crippen molar-refractivity contribution >= 4 is 12.0 Å². The van der Waals surface area contributed by atoms with Crippen molar-refractivity contribution in [3.8, 4) is 0 Å². The third-order valence-corrected chi connectivity index (χ3v) is 3.89. The quantitative estimate of drug-likeness (QED) is 0.846. The highest BCUT2D eigenvalue weighted by atomic mass is 16.4. The summed E-state index contributed by atoms with van der Waals surface area (Å²) in [5.41, 5.74) is 2.42. The van der Waals surface area contributed by atoms with E-state index in [1.807, 2.05) is 19.1 Å². The lowest BCUT2D eigenvalue weighted by atomic mass is 10.0. The summed E-state index contributed by atoms with van der Waals surface area (Å²) in [5.74, 6) is -0.460. The zero-order valence-corrected chi connectivity index (χ0v) is 12.3. The molecule has 0 aliphatic carbocycles. The monoisotopic (exact) mass is 290 g/mol. The number of rotatable bonds is 6. The molecule has 1 aliphatic rings. The van der Waals surface area contributed by atoms with Crippen LogP contribution in [-0.4, -0.2) is 28.6 Å². The van der Waals surface area contributed by atoms with E-state index in [0.29, 0.717) is 32.0 Å². The van der Waals surface area contributed by atoms with E-state index < -0.39 is 5.97 Å². The van der Waals surface area contributed by atoms with Gasteiger partial charge in [-0.1, -0.05) is 31.2 Å². The van der Waals surface area contributed by atoms with E-state index in [1.54, 1.807) is 4.90 Å². The molecule has 2 rings (SSSR count). The predicted molar refractivity (Wildman–Crippen MR) is 79.7 cm³/mol. The molecule has 21 heavy (non-hydrogen) atoms. The lowest BCUT2D eigenvalue weighted by Crippen LogP contribution is -2.37. The van der Waals surface area contributed by atoms with Gasteiger partial charge in [0.15, 0.2) is 0 Å². The Bertz CT molecular complexity index is 491. The normalized spacial score (nSPS) is 14.6. The van der Waals surface area contributed by atoms with Crippen LogP contribution in [0.3, 0.4) is 0 Å². The molecule has 0 radical (unpaired) electrons. The van der Waals surface area contributed by atoms with Gasteiger partial charge in [0.25, 0.3) is 0 Å². The van der Waals surface area contributed by atoms with Crippen LogP contribution in [0.5, 0.6) is 0 Å². The second-order valence-corrected chi connectivity index (χ2v) is 5.68. The highest BCUT2D eigenvalue weighted by Crippen LogP contribution is 2.21. The molecule has 0 saturated heterocycles. The van der Waals surface area contributed by atoms with Crippen LogP contribution in [-0.2, 0) is 17.9 Å². The number of nitrogens with zero attached hydrogens (tertiary/aromatic N) is 1. The van der Waals surface area contributed by atoms with Crippen molar-refractivity contribution in [3.05, 3.63) is 35.4 Å². The Morgan fingerprint density at radius 3 is 2.43 bits per heavy atom. The number of aliphatic carboxylic acids is 1. The second-order valence-electron chi connectivity index (χ2n) is 5.68. The van der Waals surface area contributed by atoms with Crippen LogP contribution in [0.15, 0.2) is 24.3 Å². The van der Waals surface area contributed by atoms with Crippen molar-refractivity contribution in [3.63, 3.8) is 0 Å². The van der Waals surface area contributed by atoms with Crippen molar-refractivity contribution in [2.45, 2.75) is 39.3 Å². The SMILES string of the molecule is CC(CCNC(=O)N1Cc2ccccc2C1)CCC(=O)O. The number of hydrogen-bond acceptors (Lipinski definition) is 2. The van der Waals surface area contributed by atoms with Crippen LogP contribution in [0.4, 0.5) is 4.79 Å². The number of urea groups is 1. The van der Waals surface area contributed by atoms with Gasteiger partial charge in [0.2, 0.25) is 0 Å². The van der Waals surface area contributed by atoms with Gasteiger partial charge in [0.1, 0.15) is 0 Å². The fraction of sp³-hybridized carbons (Fsp3) is 0.500. The zero-order valence-electron chi connectivity index (χ0n) is 12.3. The Morgan fingerprint density at radius 2 is 1.86 bits per heavy atom. The predicted octanol–water partition coefficient (Wildman–Crippen LogP) is 2.60. The first-order valence-electron chi connectivity index (χ1n) is 7.37. The molecule has 5 heteroatoms. The van der Waals surface area contributed by atoms with Gasteiger partial charge in [-0.2, -0.15) is 0 Å². The number of hydrogen-bond donors (Lipinski definition) is 2. The van der Waals surface area contributed by atoms with Crippen LogP contribution >= 0.6 is 0 Å². The summed E-state index contributed by atoms with van der Waals surface area (Å²) in [6.07, 6.45) is 1.65. The smallest absolute Gasteiger partial charge is 0.318 e. The lowest BCUT2D eigenvalue weighted by Gasteiger charge is -2.17. The van der Waals surface area contributed by atoms with E-state index in [4.69, 9.17) is 5.11 Å². The molecule has 1 atom stereocenters. The first kappa shape index (κ1) is 15.4. The van der Waals surface area contributed by atoms with Gasteiger partial charge in [-0.3, -0.25) is 4.79 Å². The molecule has 0 saturated carbocycles. The average Bonchev–Trinajstić information content (AvgIpc) is 2.89. The van der Waals surface area contributed by atoms with Gasteiger partial charge in [0.05, 0.1) is 0 Å². The Morgan fingerprint density at radius 1 is 1.24 bits per heavy atom. The van der Waals surface area contributed by atoms with Gasteiger partial charge in [-0.15, -0.1) is 0 Å². The highest BCUT2D eigenvalue weighted by Gasteiger charge is 2.22. The maximum atomic E-state index is 12.1. The maximum absolute atomic E-state index is 12.1. The zero-order chi connectivity index (χ0) is 15.2. The average molecular weight is 290 g/mol. The van der Waals surface area contributed by atoms with E-state index in [0.717, 1.165) is 6.42 Å². The van der Waals surface area contributed by atoms with E-state index in [2.05, 4.69) is 17.4 Å². The molecule has 2 amide bonds. The minimum Gasteiger partial charge on any atom is -0.481 e. The molecule has 0 aromatic heterocycles. The summed E-state index contributed by atoms with van der Waals surface area (Å²) >= 11 is 0. The first-order valence-corrected chi connectivity index (χ1v) is 7.37. The Balaban J connectivity index is 1.68. The number of benzene rings is 1. The third kappa shape index (κ3) is 4.48. The number of carbonyl (C=O) groups is 2. The molecular formula is C16H22N2O3. The highest BCUT2D eigenvalue weighted by molar-refractivity contribution is 5.75. The van der Waals surface area contributed by atoms with Crippen LogP contribution < -0.4 is 5.32 Å². The van der Waals surface area contributed by atoms with Crippen LogP contribution in [0.2, 0.25) is 0 Å². The van der Waals surface area contributed by atoms with Crippen molar-refractivity contribution < 1.29 is 14.7 Å².